The van der Waals surface area contributed by atoms with Crippen LogP contribution in [0, 0.1) is 17.7 Å². The molecule has 0 bridgehead atoms. The van der Waals surface area contributed by atoms with Crippen molar-refractivity contribution in [2.45, 2.75) is 31.3 Å². The minimum Gasteiger partial charge on any atom is -0.394 e. The van der Waals surface area contributed by atoms with Crippen molar-refractivity contribution in [3.8, 4) is 11.1 Å². The Morgan fingerprint density at radius 1 is 1.13 bits per heavy atom. The van der Waals surface area contributed by atoms with Crippen LogP contribution in [0.5, 0.6) is 0 Å². The number of carbonyl (C=O) groups is 1. The number of rotatable bonds is 3. The Labute approximate surface area is 182 Å². The predicted molar refractivity (Wildman–Crippen MR) is 117 cm³/mol. The highest BCUT2D eigenvalue weighted by molar-refractivity contribution is 5.81. The normalized spacial score (nSPS) is 26.0. The smallest absolute Gasteiger partial charge is 0.226 e. The topological polar surface area (TPSA) is 53.0 Å². The summed E-state index contributed by atoms with van der Waals surface area (Å²) in [4.78, 5) is 17.7. The number of halogens is 1. The van der Waals surface area contributed by atoms with Crippen molar-refractivity contribution in [1.29, 1.82) is 0 Å². The predicted octanol–water partition coefficient (Wildman–Crippen LogP) is 3.62. The molecule has 1 amide bonds. The molecule has 2 aromatic carbocycles. The summed E-state index contributed by atoms with van der Waals surface area (Å²) in [5.74, 6) is 0.130. The lowest BCUT2D eigenvalue weighted by Gasteiger charge is -2.45. The Balaban J connectivity index is 1.56. The molecule has 0 aliphatic carbocycles. The number of anilines is 1. The van der Waals surface area contributed by atoms with Gasteiger partial charge in [-0.2, -0.15) is 0 Å². The monoisotopic (exact) mass is 424 g/mol. The number of likely N-dealkylation sites (tertiary alicyclic amines) is 1. The molecule has 0 unspecified atom stereocenters. The second-order valence-corrected chi connectivity index (χ2v) is 8.96. The van der Waals surface area contributed by atoms with E-state index in [1.165, 1.54) is 6.07 Å². The average Bonchev–Trinajstić information content (AvgIpc) is 3.24. The largest absolute Gasteiger partial charge is 0.394 e. The maximum Gasteiger partial charge on any atom is 0.226 e. The molecule has 5 nitrogen and oxygen atoms in total. The van der Waals surface area contributed by atoms with E-state index in [0.717, 1.165) is 41.6 Å². The fourth-order valence-corrected chi connectivity index (χ4v) is 5.73. The third-order valence-corrected chi connectivity index (χ3v) is 7.36. The number of aliphatic hydroxyl groups is 1. The molecule has 2 fully saturated rings. The van der Waals surface area contributed by atoms with Gasteiger partial charge in [-0.1, -0.05) is 18.2 Å². The van der Waals surface area contributed by atoms with Crippen molar-refractivity contribution in [1.82, 2.24) is 4.90 Å². The molecular weight excluding hydrogens is 395 g/mol. The van der Waals surface area contributed by atoms with Crippen LogP contribution in [0.25, 0.3) is 11.1 Å². The molecule has 3 atom stereocenters. The van der Waals surface area contributed by atoms with E-state index in [0.29, 0.717) is 19.8 Å². The SMILES string of the molecule is CN1c2ccc(-c3cccc(F)c3)cc2[C@H]2[C@H](CCN2C(=O)C2CCOCC2)[C@H]1CO. The van der Waals surface area contributed by atoms with E-state index in [1.54, 1.807) is 12.1 Å². The highest BCUT2D eigenvalue weighted by Crippen LogP contribution is 2.50. The molecule has 0 saturated carbocycles. The van der Waals surface area contributed by atoms with E-state index in [1.807, 2.05) is 30.1 Å². The second kappa shape index (κ2) is 8.24. The Morgan fingerprint density at radius 3 is 2.65 bits per heavy atom. The first-order valence-corrected chi connectivity index (χ1v) is 11.2. The zero-order chi connectivity index (χ0) is 21.5. The summed E-state index contributed by atoms with van der Waals surface area (Å²) in [7, 11) is 2.01. The van der Waals surface area contributed by atoms with Gasteiger partial charge in [-0.25, -0.2) is 4.39 Å². The van der Waals surface area contributed by atoms with E-state index in [9.17, 15) is 14.3 Å². The molecule has 3 aliphatic heterocycles. The van der Waals surface area contributed by atoms with Crippen LogP contribution < -0.4 is 4.90 Å². The number of amides is 1. The van der Waals surface area contributed by atoms with E-state index in [4.69, 9.17) is 4.74 Å². The van der Waals surface area contributed by atoms with Crippen LogP contribution in [0.15, 0.2) is 42.5 Å². The first kappa shape index (κ1) is 20.5. The molecule has 0 spiro atoms. The molecule has 0 aromatic heterocycles. The number of hydrogen-bond acceptors (Lipinski definition) is 4. The molecule has 2 saturated heterocycles. The molecule has 3 aliphatic rings. The molecule has 6 heteroatoms. The first-order valence-electron chi connectivity index (χ1n) is 11.2. The summed E-state index contributed by atoms with van der Waals surface area (Å²) in [6.45, 7) is 2.04. The Hall–Kier alpha value is -2.44. The van der Waals surface area contributed by atoms with Crippen molar-refractivity contribution in [3.63, 3.8) is 0 Å². The van der Waals surface area contributed by atoms with Crippen LogP contribution >= 0.6 is 0 Å². The summed E-state index contributed by atoms with van der Waals surface area (Å²) in [5.41, 5.74) is 3.90. The van der Waals surface area contributed by atoms with Gasteiger partial charge in [0.25, 0.3) is 0 Å². The van der Waals surface area contributed by atoms with Crippen molar-refractivity contribution < 1.29 is 19.0 Å². The van der Waals surface area contributed by atoms with E-state index >= 15 is 0 Å². The second-order valence-electron chi connectivity index (χ2n) is 8.96. The maximum absolute atomic E-state index is 13.8. The van der Waals surface area contributed by atoms with E-state index in [-0.39, 0.29) is 42.3 Å². The molecule has 164 valence electrons. The lowest BCUT2D eigenvalue weighted by atomic mass is 9.80. The van der Waals surface area contributed by atoms with E-state index < -0.39 is 0 Å². The Kier molecular flexibility index (Phi) is 5.44. The molecule has 0 radical (unpaired) electrons. The molecule has 3 heterocycles. The number of likely N-dealkylation sites (N-methyl/N-ethyl adjacent to an activating group) is 1. The highest BCUT2D eigenvalue weighted by atomic mass is 19.1. The maximum atomic E-state index is 13.8. The van der Waals surface area contributed by atoms with Gasteiger partial charge < -0.3 is 19.6 Å². The Morgan fingerprint density at radius 2 is 1.90 bits per heavy atom. The molecule has 31 heavy (non-hydrogen) atoms. The van der Waals surface area contributed by atoms with Crippen LogP contribution in [-0.4, -0.2) is 55.4 Å². The molecular formula is C25H29FN2O3. The third kappa shape index (κ3) is 3.52. The quantitative estimate of drug-likeness (QED) is 0.818. The number of benzene rings is 2. The highest BCUT2D eigenvalue weighted by Gasteiger charge is 2.48. The van der Waals surface area contributed by atoms with Crippen molar-refractivity contribution in [2.75, 3.05) is 38.3 Å². The molecule has 2 aromatic rings. The van der Waals surface area contributed by atoms with Crippen LogP contribution in [0.3, 0.4) is 0 Å². The average molecular weight is 425 g/mol. The van der Waals surface area contributed by atoms with Crippen molar-refractivity contribution in [2.24, 2.45) is 11.8 Å². The summed E-state index contributed by atoms with van der Waals surface area (Å²) >= 11 is 0. The van der Waals surface area contributed by atoms with Crippen molar-refractivity contribution >= 4 is 11.6 Å². The van der Waals surface area contributed by atoms with Crippen LogP contribution in [0.1, 0.15) is 30.9 Å². The van der Waals surface area contributed by atoms with Gasteiger partial charge in [-0.3, -0.25) is 4.79 Å². The fraction of sp³-hybridized carbons (Fsp3) is 0.480. The van der Waals surface area contributed by atoms with Crippen LogP contribution in [-0.2, 0) is 9.53 Å². The van der Waals surface area contributed by atoms with Gasteiger partial charge in [0.2, 0.25) is 5.91 Å². The number of nitrogens with zero attached hydrogens (tertiary/aromatic N) is 2. The summed E-state index contributed by atoms with van der Waals surface area (Å²) in [6.07, 6.45) is 2.41. The van der Waals surface area contributed by atoms with Gasteiger partial charge in [0.15, 0.2) is 0 Å². The molecule has 5 rings (SSSR count). The van der Waals surface area contributed by atoms with Gasteiger partial charge in [-0.15, -0.1) is 0 Å². The standard InChI is InChI=1S/C25H29FN2O3/c1-27-22-6-5-18(17-3-2-4-19(26)13-17)14-21(22)24-20(23(27)15-29)7-10-28(24)25(30)16-8-11-31-12-9-16/h2-6,13-14,16,20,23-24,29H,7-12,15H2,1H3/t20-,23-,24-/m1/s1. The zero-order valence-corrected chi connectivity index (χ0v) is 17.8. The summed E-state index contributed by atoms with van der Waals surface area (Å²) in [6, 6.07) is 12.7. The number of aliphatic hydroxyl groups excluding tert-OH is 1. The van der Waals surface area contributed by atoms with Gasteiger partial charge in [0.05, 0.1) is 18.7 Å². The van der Waals surface area contributed by atoms with Crippen molar-refractivity contribution in [3.05, 3.63) is 53.8 Å². The Bertz CT molecular complexity index is 975. The van der Waals surface area contributed by atoms with E-state index in [2.05, 4.69) is 11.0 Å². The fourth-order valence-electron chi connectivity index (χ4n) is 5.73. The van der Waals surface area contributed by atoms with Gasteiger partial charge in [-0.05, 0) is 60.2 Å². The summed E-state index contributed by atoms with van der Waals surface area (Å²) in [5, 5.41) is 10.2. The first-order chi connectivity index (χ1) is 15.1. The minimum absolute atomic E-state index is 0.00887. The number of ether oxygens (including phenoxy) is 1. The lowest BCUT2D eigenvalue weighted by molar-refractivity contribution is -0.140. The van der Waals surface area contributed by atoms with Gasteiger partial charge in [0, 0.05) is 44.3 Å². The zero-order valence-electron chi connectivity index (χ0n) is 17.8. The number of fused-ring (bicyclic) bond motifs is 3. The van der Waals surface area contributed by atoms with Gasteiger partial charge >= 0.3 is 0 Å². The van der Waals surface area contributed by atoms with Crippen LogP contribution in [0.2, 0.25) is 0 Å². The lowest BCUT2D eigenvalue weighted by Crippen LogP contribution is -2.49. The number of carbonyl (C=O) groups excluding carboxylic acids is 1. The van der Waals surface area contributed by atoms with Crippen LogP contribution in [0.4, 0.5) is 10.1 Å². The number of hydrogen-bond donors (Lipinski definition) is 1. The summed E-state index contributed by atoms with van der Waals surface area (Å²) < 4.78 is 19.3. The molecule has 1 N–H and O–H groups in total. The minimum atomic E-state index is -0.261. The third-order valence-electron chi connectivity index (χ3n) is 7.36. The van der Waals surface area contributed by atoms with Gasteiger partial charge in [0.1, 0.15) is 5.82 Å².